The van der Waals surface area contributed by atoms with Crippen LogP contribution in [-0.2, 0) is 0 Å². The predicted octanol–water partition coefficient (Wildman–Crippen LogP) is 2.66. The van der Waals surface area contributed by atoms with E-state index in [-0.39, 0.29) is 5.69 Å². The molecule has 0 saturated heterocycles. The van der Waals surface area contributed by atoms with E-state index < -0.39 is 5.82 Å². The molecule has 0 saturated carbocycles. The van der Waals surface area contributed by atoms with Crippen molar-refractivity contribution < 1.29 is 4.39 Å². The number of anilines is 1. The quantitative estimate of drug-likeness (QED) is 0.557. The van der Waals surface area contributed by atoms with Gasteiger partial charge >= 0.3 is 0 Å². The molecule has 0 aliphatic rings. The number of nitrogens with two attached hydrogens (primary N) is 1. The van der Waals surface area contributed by atoms with Gasteiger partial charge in [-0.25, -0.2) is 4.39 Å². The van der Waals surface area contributed by atoms with Crippen LogP contribution < -0.4 is 5.73 Å². The number of hydrogen-bond donors (Lipinski definition) is 1. The van der Waals surface area contributed by atoms with Gasteiger partial charge in [0, 0.05) is 5.88 Å². The van der Waals surface area contributed by atoms with Crippen LogP contribution in [0.4, 0.5) is 10.1 Å². The summed E-state index contributed by atoms with van der Waals surface area (Å²) >= 11 is 5.43. The molecule has 0 bridgehead atoms. The first-order valence-electron chi connectivity index (χ1n) is 3.51. The molecule has 1 aromatic rings. The van der Waals surface area contributed by atoms with E-state index in [1.54, 1.807) is 24.3 Å². The Labute approximate surface area is 75.6 Å². The molecule has 1 aromatic carbocycles. The highest BCUT2D eigenvalue weighted by Crippen LogP contribution is 2.13. The standard InChI is InChI=1S/C9H9ClFN/c10-5-1-2-7-3-4-8(11)9(12)6-7/h1-4,6H,5,12H2. The molecule has 1 nitrogen and oxygen atoms in total. The molecule has 0 aromatic heterocycles. The maximum absolute atomic E-state index is 12.6. The van der Waals surface area contributed by atoms with Crippen molar-refractivity contribution in [2.24, 2.45) is 0 Å². The lowest BCUT2D eigenvalue weighted by Gasteiger charge is -1.97. The largest absolute Gasteiger partial charge is 0.396 e. The molecule has 2 N–H and O–H groups in total. The van der Waals surface area contributed by atoms with Crippen molar-refractivity contribution in [3.63, 3.8) is 0 Å². The van der Waals surface area contributed by atoms with Crippen LogP contribution in [0.5, 0.6) is 0 Å². The second-order valence-corrected chi connectivity index (χ2v) is 2.65. The van der Waals surface area contributed by atoms with E-state index in [1.165, 1.54) is 6.07 Å². The van der Waals surface area contributed by atoms with Gasteiger partial charge < -0.3 is 5.73 Å². The Morgan fingerprint density at radius 2 is 2.25 bits per heavy atom. The highest BCUT2D eigenvalue weighted by atomic mass is 35.5. The molecule has 0 aliphatic carbocycles. The summed E-state index contributed by atoms with van der Waals surface area (Å²) in [6.07, 6.45) is 3.57. The van der Waals surface area contributed by atoms with Crippen molar-refractivity contribution in [1.29, 1.82) is 0 Å². The topological polar surface area (TPSA) is 26.0 Å². The lowest BCUT2D eigenvalue weighted by atomic mass is 10.2. The van der Waals surface area contributed by atoms with Crippen molar-refractivity contribution in [2.75, 3.05) is 11.6 Å². The van der Waals surface area contributed by atoms with E-state index in [1.807, 2.05) is 0 Å². The highest BCUT2D eigenvalue weighted by Gasteiger charge is 1.95. The zero-order valence-electron chi connectivity index (χ0n) is 6.43. The van der Waals surface area contributed by atoms with Crippen LogP contribution in [0, 0.1) is 5.82 Å². The average molecular weight is 186 g/mol. The molecule has 1 rings (SSSR count). The molecule has 0 fully saturated rings. The molecule has 12 heavy (non-hydrogen) atoms. The molecule has 0 amide bonds. The van der Waals surface area contributed by atoms with Crippen LogP contribution in [0.2, 0.25) is 0 Å². The third kappa shape index (κ3) is 2.24. The molecule has 0 spiro atoms. The fraction of sp³-hybridized carbons (Fsp3) is 0.111. The first-order chi connectivity index (χ1) is 5.74. The summed E-state index contributed by atoms with van der Waals surface area (Å²) in [4.78, 5) is 0. The molecular weight excluding hydrogens is 177 g/mol. The number of hydrogen-bond acceptors (Lipinski definition) is 1. The minimum Gasteiger partial charge on any atom is -0.396 e. The Bertz CT molecular complexity index is 297. The third-order valence-corrected chi connectivity index (χ3v) is 1.60. The minimum atomic E-state index is -0.391. The summed E-state index contributed by atoms with van der Waals surface area (Å²) in [6, 6.07) is 4.55. The predicted molar refractivity (Wildman–Crippen MR) is 50.6 cm³/mol. The van der Waals surface area contributed by atoms with Crippen molar-refractivity contribution in [3.05, 3.63) is 35.7 Å². The Kier molecular flexibility index (Phi) is 3.11. The van der Waals surface area contributed by atoms with Gasteiger partial charge in [0.15, 0.2) is 0 Å². The lowest BCUT2D eigenvalue weighted by molar-refractivity contribution is 0.632. The molecule has 0 heterocycles. The van der Waals surface area contributed by atoms with Crippen LogP contribution in [0.1, 0.15) is 5.56 Å². The summed E-state index contributed by atoms with van der Waals surface area (Å²) in [5.74, 6) is 0.0510. The van der Waals surface area contributed by atoms with Crippen LogP contribution in [-0.4, -0.2) is 5.88 Å². The summed E-state index contributed by atoms with van der Waals surface area (Å²) < 4.78 is 12.6. The third-order valence-electron chi connectivity index (χ3n) is 1.42. The van der Waals surface area contributed by atoms with Gasteiger partial charge in [0.2, 0.25) is 0 Å². The van der Waals surface area contributed by atoms with Gasteiger partial charge in [0.05, 0.1) is 5.69 Å². The average Bonchev–Trinajstić information content (AvgIpc) is 2.07. The van der Waals surface area contributed by atoms with E-state index in [2.05, 4.69) is 0 Å². The Balaban J connectivity index is 2.89. The molecule has 64 valence electrons. The maximum atomic E-state index is 12.6. The fourth-order valence-electron chi connectivity index (χ4n) is 0.847. The van der Waals surface area contributed by atoms with Crippen LogP contribution in [0.25, 0.3) is 6.08 Å². The molecule has 3 heteroatoms. The normalized spacial score (nSPS) is 10.8. The van der Waals surface area contributed by atoms with Gasteiger partial charge in [-0.2, -0.15) is 0 Å². The van der Waals surface area contributed by atoms with E-state index in [9.17, 15) is 4.39 Å². The van der Waals surface area contributed by atoms with Gasteiger partial charge in [-0.15, -0.1) is 11.6 Å². The van der Waals surface area contributed by atoms with Crippen molar-refractivity contribution in [1.82, 2.24) is 0 Å². The van der Waals surface area contributed by atoms with Gasteiger partial charge in [0.1, 0.15) is 5.82 Å². The Morgan fingerprint density at radius 3 is 2.83 bits per heavy atom. The van der Waals surface area contributed by atoms with Crippen LogP contribution >= 0.6 is 11.6 Å². The molecule has 0 aliphatic heterocycles. The van der Waals surface area contributed by atoms with Crippen molar-refractivity contribution in [3.8, 4) is 0 Å². The van der Waals surface area contributed by atoms with Crippen LogP contribution in [0.15, 0.2) is 24.3 Å². The number of alkyl halides is 1. The van der Waals surface area contributed by atoms with Crippen molar-refractivity contribution >= 4 is 23.4 Å². The van der Waals surface area contributed by atoms with Crippen LogP contribution in [0.3, 0.4) is 0 Å². The van der Waals surface area contributed by atoms with Crippen molar-refractivity contribution in [2.45, 2.75) is 0 Å². The summed E-state index contributed by atoms with van der Waals surface area (Å²) in [6.45, 7) is 0. The van der Waals surface area contributed by atoms with E-state index in [0.29, 0.717) is 5.88 Å². The summed E-state index contributed by atoms with van der Waals surface area (Å²) in [5, 5.41) is 0. The zero-order chi connectivity index (χ0) is 8.97. The smallest absolute Gasteiger partial charge is 0.146 e. The SMILES string of the molecule is Nc1cc(C=CCCl)ccc1F. The number of allylic oxidation sites excluding steroid dienone is 1. The highest BCUT2D eigenvalue weighted by molar-refractivity contribution is 6.19. The van der Waals surface area contributed by atoms with Gasteiger partial charge in [-0.3, -0.25) is 0 Å². The number of nitrogen functional groups attached to an aromatic ring is 1. The second kappa shape index (κ2) is 4.12. The molecule has 0 unspecified atom stereocenters. The van der Waals surface area contributed by atoms with E-state index in [0.717, 1.165) is 5.56 Å². The summed E-state index contributed by atoms with van der Waals surface area (Å²) in [7, 11) is 0. The number of benzene rings is 1. The van der Waals surface area contributed by atoms with Gasteiger partial charge in [-0.1, -0.05) is 18.2 Å². The van der Waals surface area contributed by atoms with Gasteiger partial charge in [-0.05, 0) is 17.7 Å². The maximum Gasteiger partial charge on any atom is 0.146 e. The first kappa shape index (κ1) is 9.07. The monoisotopic (exact) mass is 185 g/mol. The molecule has 0 radical (unpaired) electrons. The molecule has 0 atom stereocenters. The fourth-order valence-corrected chi connectivity index (χ4v) is 0.936. The summed E-state index contributed by atoms with van der Waals surface area (Å²) in [5.41, 5.74) is 6.37. The minimum absolute atomic E-state index is 0.159. The number of rotatable bonds is 2. The first-order valence-corrected chi connectivity index (χ1v) is 4.05. The molecular formula is C9H9ClFN. The number of halogens is 2. The van der Waals surface area contributed by atoms with E-state index in [4.69, 9.17) is 17.3 Å². The lowest BCUT2D eigenvalue weighted by Crippen LogP contribution is -1.89. The van der Waals surface area contributed by atoms with Gasteiger partial charge in [0.25, 0.3) is 0 Å². The Hall–Kier alpha value is -1.02. The zero-order valence-corrected chi connectivity index (χ0v) is 7.18. The van der Waals surface area contributed by atoms with E-state index >= 15 is 0 Å². The Morgan fingerprint density at radius 1 is 1.50 bits per heavy atom. The second-order valence-electron chi connectivity index (χ2n) is 2.34.